The van der Waals surface area contributed by atoms with Crippen molar-refractivity contribution < 1.29 is 37.3 Å². The van der Waals surface area contributed by atoms with Crippen LogP contribution in [0.3, 0.4) is 0 Å². The second kappa shape index (κ2) is 6.38. The second-order valence-corrected chi connectivity index (χ2v) is 1.54. The average molecular weight is 199 g/mol. The number of hydrogen-bond acceptors (Lipinski definition) is 0. The van der Waals surface area contributed by atoms with Gasteiger partial charge in [-0.25, -0.2) is 4.57 Å². The van der Waals surface area contributed by atoms with Crippen LogP contribution < -0.4 is 4.57 Å². The molecule has 47 valence electrons. The van der Waals surface area contributed by atoms with Gasteiger partial charge < -0.3 is 0 Å². The third-order valence-electron chi connectivity index (χ3n) is 0.865. The van der Waals surface area contributed by atoms with Crippen molar-refractivity contribution in [1.82, 2.24) is 0 Å². The smallest absolute Gasteiger partial charge is 0.168 e. The molecule has 0 atom stereocenters. The van der Waals surface area contributed by atoms with Gasteiger partial charge in [0.05, 0.1) is 0 Å². The third kappa shape index (κ3) is 4.74. The van der Waals surface area contributed by atoms with Crippen molar-refractivity contribution in [2.45, 2.75) is 7.43 Å². The first-order valence-corrected chi connectivity index (χ1v) is 2.30. The van der Waals surface area contributed by atoms with Crippen LogP contribution in [0.4, 0.5) is 0 Å². The molecule has 0 aliphatic heterocycles. The molecule has 0 unspecified atom stereocenters. The van der Waals surface area contributed by atoms with Crippen molar-refractivity contribution in [3.8, 4) is 0 Å². The number of pyridine rings is 1. The van der Waals surface area contributed by atoms with Gasteiger partial charge in [0.2, 0.25) is 0 Å². The summed E-state index contributed by atoms with van der Waals surface area (Å²) in [6, 6.07) is 6.00. The molecular weight excluding hydrogens is 187 g/mol. The summed E-state index contributed by atoms with van der Waals surface area (Å²) < 4.78 is 2.00. The Labute approximate surface area is 82.0 Å². The van der Waals surface area contributed by atoms with Gasteiger partial charge in [0.15, 0.2) is 12.4 Å². The molecule has 0 saturated carbocycles. The zero-order valence-corrected chi connectivity index (χ0v) is 7.75. The van der Waals surface area contributed by atoms with Gasteiger partial charge in [-0.15, -0.1) is 0 Å². The molecule has 0 aliphatic carbocycles. The van der Waals surface area contributed by atoms with E-state index >= 15 is 0 Å². The number of aromatic nitrogens is 1. The molecule has 0 spiro atoms. The van der Waals surface area contributed by atoms with Crippen LogP contribution in [0.25, 0.3) is 0 Å². The van der Waals surface area contributed by atoms with Crippen molar-refractivity contribution in [2.24, 2.45) is 7.05 Å². The first kappa shape index (κ1) is 12.0. The summed E-state index contributed by atoms with van der Waals surface area (Å²) in [5.74, 6) is 0. The van der Waals surface area contributed by atoms with Crippen LogP contribution in [0.1, 0.15) is 7.43 Å². The van der Waals surface area contributed by atoms with E-state index in [-0.39, 0.29) is 40.1 Å². The van der Waals surface area contributed by atoms with Gasteiger partial charge in [-0.2, -0.15) is 0 Å². The molecule has 0 amide bonds. The zero-order valence-electron chi connectivity index (χ0n) is 4.91. The van der Waals surface area contributed by atoms with Crippen molar-refractivity contribution >= 4 is 0 Å². The molecule has 0 fully saturated rings. The van der Waals surface area contributed by atoms with Gasteiger partial charge in [0, 0.05) is 44.8 Å². The van der Waals surface area contributed by atoms with Crippen molar-refractivity contribution in [1.29, 1.82) is 0 Å². The van der Waals surface area contributed by atoms with Crippen LogP contribution in [0.5, 0.6) is 0 Å². The Balaban J connectivity index is 0. The summed E-state index contributed by atoms with van der Waals surface area (Å²) in [7, 11) is 2.00. The van der Waals surface area contributed by atoms with E-state index in [1.807, 2.05) is 42.2 Å². The summed E-state index contributed by atoms with van der Waals surface area (Å²) in [6.45, 7) is 0. The molecule has 0 aromatic carbocycles. The third-order valence-corrected chi connectivity index (χ3v) is 0.865. The maximum atomic E-state index is 2.00. The minimum atomic E-state index is 0. The van der Waals surface area contributed by atoms with E-state index in [0.29, 0.717) is 0 Å². The fourth-order valence-electron chi connectivity index (χ4n) is 0.485. The Morgan fingerprint density at radius 1 is 1.00 bits per heavy atom. The molecule has 9 heavy (non-hydrogen) atoms. The predicted octanol–water partition coefficient (Wildman–Crippen LogP) is 1.14. The van der Waals surface area contributed by atoms with Gasteiger partial charge in [0.1, 0.15) is 7.05 Å². The molecule has 2 heteroatoms. The summed E-state index contributed by atoms with van der Waals surface area (Å²) in [4.78, 5) is 0. The molecule has 1 radical (unpaired) electrons. The number of hydrogen-bond donors (Lipinski definition) is 0. The Hall–Kier alpha value is 0.254. The number of aryl methyl sites for hydroxylation is 1. The molecule has 0 bridgehead atoms. The van der Waals surface area contributed by atoms with Crippen LogP contribution >= 0.6 is 0 Å². The number of nitrogens with zero attached hydrogens (tertiary/aromatic N) is 1. The molecule has 0 aliphatic rings. The van der Waals surface area contributed by atoms with Gasteiger partial charge >= 0.3 is 0 Å². The first-order chi connectivity index (χ1) is 3.39. The van der Waals surface area contributed by atoms with E-state index in [0.717, 1.165) is 0 Å². The standard InChI is InChI=1S/C6H8N.CH4.Y/c1-7-5-3-2-4-6-7;;/h2-6H,1H3;1H4;/q+1;;. The maximum absolute atomic E-state index is 2.00. The molecule has 0 N–H and O–H groups in total. The summed E-state index contributed by atoms with van der Waals surface area (Å²) in [5, 5.41) is 0. The van der Waals surface area contributed by atoms with Crippen molar-refractivity contribution in [3.63, 3.8) is 0 Å². The van der Waals surface area contributed by atoms with Crippen LogP contribution in [-0.2, 0) is 39.8 Å². The Kier molecular flexibility index (Phi) is 8.49. The summed E-state index contributed by atoms with van der Waals surface area (Å²) in [5.41, 5.74) is 0. The van der Waals surface area contributed by atoms with Gasteiger partial charge in [-0.05, 0) is 0 Å². The zero-order chi connectivity index (χ0) is 5.11. The van der Waals surface area contributed by atoms with Crippen LogP contribution in [0.2, 0.25) is 0 Å². The van der Waals surface area contributed by atoms with Gasteiger partial charge in [-0.1, -0.05) is 13.5 Å². The predicted molar refractivity (Wildman–Crippen MR) is 34.3 cm³/mol. The van der Waals surface area contributed by atoms with E-state index in [9.17, 15) is 0 Å². The number of rotatable bonds is 0. The summed E-state index contributed by atoms with van der Waals surface area (Å²) in [6.07, 6.45) is 4.00. The second-order valence-electron chi connectivity index (χ2n) is 1.54. The normalized spacial score (nSPS) is 6.78. The quantitative estimate of drug-likeness (QED) is 0.552. The van der Waals surface area contributed by atoms with Crippen LogP contribution in [0.15, 0.2) is 30.6 Å². The Bertz CT molecular complexity index is 139. The van der Waals surface area contributed by atoms with Crippen molar-refractivity contribution in [3.05, 3.63) is 30.6 Å². The van der Waals surface area contributed by atoms with E-state index in [1.165, 1.54) is 0 Å². The van der Waals surface area contributed by atoms with E-state index < -0.39 is 0 Å². The minimum Gasteiger partial charge on any atom is -0.208 e. The van der Waals surface area contributed by atoms with E-state index in [2.05, 4.69) is 0 Å². The largest absolute Gasteiger partial charge is 0.208 e. The minimum absolute atomic E-state index is 0. The summed E-state index contributed by atoms with van der Waals surface area (Å²) >= 11 is 0. The topological polar surface area (TPSA) is 3.88 Å². The van der Waals surface area contributed by atoms with Gasteiger partial charge in [-0.3, -0.25) is 0 Å². The van der Waals surface area contributed by atoms with Gasteiger partial charge in [0.25, 0.3) is 0 Å². The first-order valence-electron chi connectivity index (χ1n) is 2.30. The average Bonchev–Trinajstić information content (AvgIpc) is 1.69. The fraction of sp³-hybridized carbons (Fsp3) is 0.286. The Morgan fingerprint density at radius 3 is 1.67 bits per heavy atom. The molecule has 1 rings (SSSR count). The van der Waals surface area contributed by atoms with E-state index in [4.69, 9.17) is 0 Å². The molecule has 1 aromatic heterocycles. The fourth-order valence-corrected chi connectivity index (χ4v) is 0.485. The van der Waals surface area contributed by atoms with Crippen LogP contribution in [-0.4, -0.2) is 0 Å². The molecule has 1 heterocycles. The Morgan fingerprint density at radius 2 is 1.44 bits per heavy atom. The molecule has 1 aromatic rings. The SMILES string of the molecule is C.C[n+]1ccccc1.[Y]. The molecular formula is C7H12NY+. The van der Waals surface area contributed by atoms with E-state index in [1.54, 1.807) is 0 Å². The monoisotopic (exact) mass is 199 g/mol. The molecule has 1 nitrogen and oxygen atoms in total. The van der Waals surface area contributed by atoms with Crippen LogP contribution in [0, 0.1) is 0 Å². The van der Waals surface area contributed by atoms with Crippen molar-refractivity contribution in [2.75, 3.05) is 0 Å². The maximum Gasteiger partial charge on any atom is 0.168 e. The molecule has 0 saturated heterocycles.